The average Bonchev–Trinajstić information content (AvgIpc) is 1.71. The first-order valence-electron chi connectivity index (χ1n) is 1.83. The molecule has 0 aromatic heterocycles. The number of aliphatic hydroxyl groups excluding tert-OH is 1. The van der Waals surface area contributed by atoms with Crippen molar-refractivity contribution in [1.82, 2.24) is 0 Å². The molecule has 0 atom stereocenters. The standard InChI is InChI=1S/C3H5O2.CHO2.Pa/c1-2-5-3-4;2-1-3;/h2H2,1H3;(H,2,3);/q2*-1;. The summed E-state index contributed by atoms with van der Waals surface area (Å²) in [4.78, 5) is 17.3. The number of hydrogen-bond donors (Lipinski definition) is 1. The van der Waals surface area contributed by atoms with E-state index in [1.807, 2.05) is 0 Å². The SMILES string of the molecule is CCO[C-]=O.O=[C-]O.[Pa]. The van der Waals surface area contributed by atoms with Crippen molar-refractivity contribution < 1.29 is 51.7 Å². The van der Waals surface area contributed by atoms with Crippen LogP contribution < -0.4 is 0 Å². The Hall–Kier alpha value is 0.0309. The fourth-order valence-electron chi connectivity index (χ4n) is 0.0589. The van der Waals surface area contributed by atoms with Gasteiger partial charge in [-0.2, -0.15) is 0 Å². The number of rotatable bonds is 2. The minimum atomic E-state index is 0. The van der Waals surface area contributed by atoms with E-state index in [4.69, 9.17) is 14.7 Å². The van der Waals surface area contributed by atoms with Crippen molar-refractivity contribution in [3.63, 3.8) is 0 Å². The van der Waals surface area contributed by atoms with Gasteiger partial charge in [0.1, 0.15) is 0 Å². The van der Waals surface area contributed by atoms with E-state index in [0.29, 0.717) is 13.1 Å². The predicted molar refractivity (Wildman–Crippen MR) is 25.6 cm³/mol. The third kappa shape index (κ3) is 70.8. The fraction of sp³-hybridized carbons (Fsp3) is 0.500. The van der Waals surface area contributed by atoms with E-state index < -0.39 is 0 Å². The second-order valence-corrected chi connectivity index (χ2v) is 0.608. The van der Waals surface area contributed by atoms with Crippen LogP contribution in [0.5, 0.6) is 0 Å². The Kier molecular flexibility index (Phi) is 43.5. The van der Waals surface area contributed by atoms with Gasteiger partial charge in [-0.1, -0.05) is 12.9 Å². The summed E-state index contributed by atoms with van der Waals surface area (Å²) in [6, 6.07) is 0. The molecule has 0 heterocycles. The Morgan fingerprint density at radius 1 is 1.56 bits per heavy atom. The normalized spacial score (nSPS) is 5.00. The molecule has 0 saturated heterocycles. The third-order valence-corrected chi connectivity index (χ3v) is 0.203. The van der Waals surface area contributed by atoms with Gasteiger partial charge in [-0.25, -0.2) is 0 Å². The second-order valence-electron chi connectivity index (χ2n) is 0.608. The van der Waals surface area contributed by atoms with Crippen LogP contribution in [0, 0.1) is 32.3 Å². The summed E-state index contributed by atoms with van der Waals surface area (Å²) in [5.41, 5.74) is 0. The van der Waals surface area contributed by atoms with Crippen molar-refractivity contribution in [2.75, 3.05) is 6.61 Å². The van der Waals surface area contributed by atoms with Gasteiger partial charge in [0.05, 0.1) is 0 Å². The van der Waals surface area contributed by atoms with Crippen LogP contribution in [0.1, 0.15) is 6.92 Å². The molecule has 0 aliphatic heterocycles. The van der Waals surface area contributed by atoms with Gasteiger partial charge >= 0.3 is 0 Å². The first-order chi connectivity index (χ1) is 3.83. The van der Waals surface area contributed by atoms with Crippen LogP contribution in [0.2, 0.25) is 0 Å². The van der Waals surface area contributed by atoms with E-state index in [0.717, 1.165) is 0 Å². The Labute approximate surface area is 78.1 Å². The van der Waals surface area contributed by atoms with Crippen molar-refractivity contribution in [2.24, 2.45) is 0 Å². The van der Waals surface area contributed by atoms with Crippen LogP contribution in [0.3, 0.4) is 0 Å². The maximum atomic E-state index is 9.06. The van der Waals surface area contributed by atoms with E-state index in [9.17, 15) is 0 Å². The summed E-state index contributed by atoms with van der Waals surface area (Å²) < 4.78 is 4.03. The molecule has 0 fully saturated rings. The Balaban J connectivity index is -0.0000000800. The van der Waals surface area contributed by atoms with Gasteiger partial charge in [0, 0.05) is 38.9 Å². The maximum absolute atomic E-state index is 9.06. The minimum Gasteiger partial charge on any atom is -0.665 e. The van der Waals surface area contributed by atoms with Gasteiger partial charge in [0.15, 0.2) is 0 Å². The van der Waals surface area contributed by atoms with E-state index in [1.54, 1.807) is 6.92 Å². The molecule has 0 rings (SSSR count). The van der Waals surface area contributed by atoms with Crippen LogP contribution in [-0.2, 0) is 14.3 Å². The molecule has 5 heteroatoms. The number of hydrogen-bond acceptors (Lipinski definition) is 3. The monoisotopic (exact) mass is 349 g/mol. The fourth-order valence-corrected chi connectivity index (χ4v) is 0.0589. The summed E-state index contributed by atoms with van der Waals surface area (Å²) in [7, 11) is 0. The zero-order valence-electron chi connectivity index (χ0n) is 4.96. The van der Waals surface area contributed by atoms with Crippen molar-refractivity contribution in [1.29, 1.82) is 0 Å². The number of ether oxygens (including phenoxy) is 1. The van der Waals surface area contributed by atoms with Crippen LogP contribution in [-0.4, -0.2) is 24.7 Å². The minimum absolute atomic E-state index is 0. The maximum Gasteiger partial charge on any atom is 0.0451 e. The van der Waals surface area contributed by atoms with Gasteiger partial charge in [-0.15, -0.1) is 0 Å². The number of carbonyl (C=O) groups excluding carboxylic acids is 1. The van der Waals surface area contributed by atoms with E-state index >= 15 is 0 Å². The van der Waals surface area contributed by atoms with Gasteiger partial charge < -0.3 is 19.4 Å². The molecule has 0 amide bonds. The molecule has 1 N–H and O–H groups in total. The van der Waals surface area contributed by atoms with Gasteiger partial charge in [-0.05, 0) is 6.92 Å². The Morgan fingerprint density at radius 2 is 1.89 bits per heavy atom. The zero-order chi connectivity index (χ0) is 6.83. The molecule has 0 aromatic carbocycles. The first kappa shape index (κ1) is 16.0. The molecule has 0 bridgehead atoms. The molecular weight excluding hydrogens is 343 g/mol. The third-order valence-electron chi connectivity index (χ3n) is 0.203. The summed E-state index contributed by atoms with van der Waals surface area (Å²) >= 11 is 0. The molecule has 9 heavy (non-hydrogen) atoms. The molecule has 51 valence electrons. The van der Waals surface area contributed by atoms with Crippen molar-refractivity contribution in [2.45, 2.75) is 6.92 Å². The molecule has 0 saturated carbocycles. The summed E-state index contributed by atoms with van der Waals surface area (Å²) in [6.07, 6.45) is 0. The predicted octanol–water partition coefficient (Wildman–Crippen LogP) is -0.298. The first-order valence-corrected chi connectivity index (χ1v) is 1.83. The van der Waals surface area contributed by atoms with Gasteiger partial charge in [0.2, 0.25) is 0 Å². The van der Waals surface area contributed by atoms with E-state index in [2.05, 4.69) is 4.74 Å². The van der Waals surface area contributed by atoms with Crippen LogP contribution >= 0.6 is 0 Å². The van der Waals surface area contributed by atoms with Crippen molar-refractivity contribution in [3.05, 3.63) is 0 Å². The van der Waals surface area contributed by atoms with Crippen LogP contribution in [0.4, 0.5) is 0 Å². The summed E-state index contributed by atoms with van der Waals surface area (Å²) in [5, 5.41) is 6.76. The molecule has 0 spiro atoms. The molecular formula is C4H6O4Pa-2. The van der Waals surface area contributed by atoms with Gasteiger partial charge in [-0.3, -0.25) is 0 Å². The summed E-state index contributed by atoms with van der Waals surface area (Å²) in [5.74, 6) is 0. The molecule has 0 unspecified atom stereocenters. The molecule has 4 nitrogen and oxygen atoms in total. The molecule has 0 aromatic rings. The zero-order valence-corrected chi connectivity index (χ0v) is 9.76. The molecule has 1 radical (unpaired) electrons. The van der Waals surface area contributed by atoms with Crippen LogP contribution in [0.15, 0.2) is 0 Å². The smallest absolute Gasteiger partial charge is 0.0451 e. The molecule has 0 aliphatic rings. The van der Waals surface area contributed by atoms with E-state index in [1.165, 1.54) is 6.47 Å². The topological polar surface area (TPSA) is 63.6 Å². The van der Waals surface area contributed by atoms with Crippen LogP contribution in [0.25, 0.3) is 0 Å². The second kappa shape index (κ2) is 24.4. The average molecular weight is 349 g/mol. The summed E-state index contributed by atoms with van der Waals surface area (Å²) in [6.45, 7) is 3.91. The van der Waals surface area contributed by atoms with E-state index in [-0.39, 0.29) is 32.3 Å². The Morgan fingerprint density at radius 3 is 1.89 bits per heavy atom. The van der Waals surface area contributed by atoms with Crippen molar-refractivity contribution >= 4 is 12.9 Å². The Bertz CT molecular complexity index is 56.5. The van der Waals surface area contributed by atoms with Gasteiger partial charge in [0.25, 0.3) is 0 Å². The molecule has 0 aliphatic carbocycles. The largest absolute Gasteiger partial charge is 0.665 e. The van der Waals surface area contributed by atoms with Crippen molar-refractivity contribution in [3.8, 4) is 0 Å². The quantitative estimate of drug-likeness (QED) is 0.696.